The van der Waals surface area contributed by atoms with Crippen molar-refractivity contribution >= 4 is 47.1 Å². The van der Waals surface area contributed by atoms with Crippen LogP contribution < -0.4 is 11.1 Å². The molecule has 3 aromatic carbocycles. The number of carboxylic acids is 1. The van der Waals surface area contributed by atoms with Gasteiger partial charge in [-0.1, -0.05) is 23.7 Å². The van der Waals surface area contributed by atoms with E-state index in [-0.39, 0.29) is 5.56 Å². The number of primary amides is 1. The summed E-state index contributed by atoms with van der Waals surface area (Å²) >= 11 is 6.22. The third-order valence-electron chi connectivity index (χ3n) is 7.20. The Kier molecular flexibility index (Phi) is 8.58. The molecule has 43 heavy (non-hydrogen) atoms. The van der Waals surface area contributed by atoms with E-state index in [9.17, 15) is 24.3 Å². The van der Waals surface area contributed by atoms with Gasteiger partial charge < -0.3 is 21.1 Å². The number of anilines is 1. The average molecular weight is 600 g/mol. The van der Waals surface area contributed by atoms with Crippen LogP contribution in [0.4, 0.5) is 5.69 Å². The first-order chi connectivity index (χ1) is 20.7. The highest BCUT2D eigenvalue weighted by atomic mass is 35.5. The van der Waals surface area contributed by atoms with Gasteiger partial charge in [0.15, 0.2) is 0 Å². The average Bonchev–Trinajstić information content (AvgIpc) is 3.55. The molecule has 2 heterocycles. The third-order valence-corrected chi connectivity index (χ3v) is 7.43. The molecule has 1 aromatic heterocycles. The molecule has 2 unspecified atom stereocenters. The normalized spacial score (nSPS) is 16.6. The summed E-state index contributed by atoms with van der Waals surface area (Å²) in [6, 6.07) is 16.6. The monoisotopic (exact) mass is 599 g/mol. The van der Waals surface area contributed by atoms with Gasteiger partial charge in [-0.2, -0.15) is 4.68 Å². The number of halogens is 1. The topological polar surface area (TPSA) is 173 Å². The van der Waals surface area contributed by atoms with E-state index in [2.05, 4.69) is 20.8 Å². The molecule has 0 spiro atoms. The van der Waals surface area contributed by atoms with Crippen LogP contribution in [0, 0.1) is 0 Å². The molecule has 5 rings (SSSR count). The number of aromatic nitrogens is 4. The number of hydrogen-bond donors (Lipinski definition) is 3. The summed E-state index contributed by atoms with van der Waals surface area (Å²) in [6.07, 6.45) is 5.63. The van der Waals surface area contributed by atoms with Crippen molar-refractivity contribution in [3.8, 4) is 5.69 Å². The number of carbonyl (C=O) groups is 4. The minimum atomic E-state index is -1.09. The Bertz CT molecular complexity index is 1690. The molecule has 0 bridgehead atoms. The molecule has 4 aromatic rings. The summed E-state index contributed by atoms with van der Waals surface area (Å²) in [5.74, 6) is -2.89. The summed E-state index contributed by atoms with van der Waals surface area (Å²) in [5.41, 5.74) is 8.15. The number of nitrogens with one attached hydrogen (secondary N) is 1. The molecule has 1 aliphatic heterocycles. The van der Waals surface area contributed by atoms with Crippen molar-refractivity contribution in [3.63, 3.8) is 0 Å². The van der Waals surface area contributed by atoms with Crippen LogP contribution in [0.3, 0.4) is 0 Å². The lowest BCUT2D eigenvalue weighted by atomic mass is 9.82. The largest absolute Gasteiger partial charge is 0.478 e. The third kappa shape index (κ3) is 6.60. The molecule has 1 aliphatic rings. The SMILES string of the molecule is NC(=O)c1ccc(C2CCCN(C(=O)/C=C/c3cc(Cl)ccc3-n3cnnn3)C2C(=O)Nc2ccc(C(=O)O)cc2)cc1. The van der Waals surface area contributed by atoms with Crippen molar-refractivity contribution in [1.82, 2.24) is 25.1 Å². The highest BCUT2D eigenvalue weighted by molar-refractivity contribution is 6.30. The minimum Gasteiger partial charge on any atom is -0.478 e. The van der Waals surface area contributed by atoms with Gasteiger partial charge in [0, 0.05) is 40.4 Å². The second-order valence-electron chi connectivity index (χ2n) is 9.87. The zero-order chi connectivity index (χ0) is 30.5. The highest BCUT2D eigenvalue weighted by Gasteiger charge is 2.39. The van der Waals surface area contributed by atoms with Gasteiger partial charge in [0.25, 0.3) is 0 Å². The van der Waals surface area contributed by atoms with Crippen molar-refractivity contribution in [1.29, 1.82) is 0 Å². The van der Waals surface area contributed by atoms with E-state index in [0.717, 1.165) is 5.56 Å². The Morgan fingerprint density at radius 3 is 2.37 bits per heavy atom. The van der Waals surface area contributed by atoms with Crippen molar-refractivity contribution in [3.05, 3.63) is 106 Å². The van der Waals surface area contributed by atoms with Crippen LogP contribution >= 0.6 is 11.6 Å². The van der Waals surface area contributed by atoms with E-state index in [1.165, 1.54) is 46.3 Å². The van der Waals surface area contributed by atoms with Crippen LogP contribution in [0.2, 0.25) is 5.02 Å². The first-order valence-electron chi connectivity index (χ1n) is 13.3. The quantitative estimate of drug-likeness (QED) is 0.258. The molecule has 0 saturated carbocycles. The lowest BCUT2D eigenvalue weighted by Crippen LogP contribution is -2.53. The molecule has 2 atom stereocenters. The molecular formula is C30H26ClN7O5. The van der Waals surface area contributed by atoms with Gasteiger partial charge in [-0.3, -0.25) is 14.4 Å². The van der Waals surface area contributed by atoms with Crippen LogP contribution in [-0.2, 0) is 9.59 Å². The summed E-state index contributed by atoms with van der Waals surface area (Å²) < 4.78 is 1.44. The Morgan fingerprint density at radius 1 is 1.00 bits per heavy atom. The molecule has 13 heteroatoms. The molecule has 1 saturated heterocycles. The Labute approximate surface area is 250 Å². The zero-order valence-corrected chi connectivity index (χ0v) is 23.4. The molecular weight excluding hydrogens is 574 g/mol. The Balaban J connectivity index is 1.46. The van der Waals surface area contributed by atoms with Gasteiger partial charge in [0.2, 0.25) is 17.7 Å². The van der Waals surface area contributed by atoms with Crippen molar-refractivity contribution in [2.24, 2.45) is 5.73 Å². The number of benzene rings is 3. The summed E-state index contributed by atoms with van der Waals surface area (Å²) in [4.78, 5) is 51.9. The van der Waals surface area contributed by atoms with E-state index in [0.29, 0.717) is 46.9 Å². The number of carbonyl (C=O) groups excluding carboxylic acids is 3. The lowest BCUT2D eigenvalue weighted by molar-refractivity contribution is -0.137. The van der Waals surface area contributed by atoms with Gasteiger partial charge in [0.1, 0.15) is 12.4 Å². The number of likely N-dealkylation sites (tertiary alicyclic amines) is 1. The number of tetrazole rings is 1. The smallest absolute Gasteiger partial charge is 0.335 e. The van der Waals surface area contributed by atoms with E-state index >= 15 is 0 Å². The predicted molar refractivity (Wildman–Crippen MR) is 158 cm³/mol. The molecule has 3 amide bonds. The highest BCUT2D eigenvalue weighted by Crippen LogP contribution is 2.34. The first-order valence-corrected chi connectivity index (χ1v) is 13.6. The van der Waals surface area contributed by atoms with E-state index < -0.39 is 35.7 Å². The maximum Gasteiger partial charge on any atom is 0.335 e. The fourth-order valence-corrected chi connectivity index (χ4v) is 5.30. The molecule has 4 N–H and O–H groups in total. The standard InChI is InChI=1S/C30H26ClN7O5/c31-22-10-13-25(38-17-33-35-36-38)21(16-22)9-14-26(39)37-15-1-2-24(18-3-5-19(6-4-18)28(32)40)27(37)29(41)34-23-11-7-20(8-12-23)30(42)43/h3-14,16-17,24,27H,1-2,15H2,(H2,32,40)(H,34,41)(H,42,43)/b14-9+. The summed E-state index contributed by atoms with van der Waals surface area (Å²) in [7, 11) is 0. The Hall–Kier alpha value is -5.36. The van der Waals surface area contributed by atoms with Crippen LogP contribution in [-0.4, -0.2) is 66.5 Å². The summed E-state index contributed by atoms with van der Waals surface area (Å²) in [5, 5.41) is 23.7. The predicted octanol–water partition coefficient (Wildman–Crippen LogP) is 3.54. The number of rotatable bonds is 8. The maximum atomic E-state index is 13.8. The number of carboxylic acid groups (broad SMARTS) is 1. The second kappa shape index (κ2) is 12.7. The number of nitrogens with zero attached hydrogens (tertiary/aromatic N) is 5. The molecule has 1 fully saturated rings. The molecule has 0 radical (unpaired) electrons. The van der Waals surface area contributed by atoms with Crippen LogP contribution in [0.5, 0.6) is 0 Å². The number of nitrogens with two attached hydrogens (primary N) is 1. The van der Waals surface area contributed by atoms with Crippen molar-refractivity contribution in [2.45, 2.75) is 24.8 Å². The van der Waals surface area contributed by atoms with Gasteiger partial charge in [-0.25, -0.2) is 4.79 Å². The number of aromatic carboxylic acids is 1. The van der Waals surface area contributed by atoms with E-state index in [4.69, 9.17) is 17.3 Å². The van der Waals surface area contributed by atoms with Crippen molar-refractivity contribution < 1.29 is 24.3 Å². The molecule has 0 aliphatic carbocycles. The Morgan fingerprint density at radius 2 is 1.72 bits per heavy atom. The van der Waals surface area contributed by atoms with Gasteiger partial charge in [-0.05, 0) is 89.5 Å². The minimum absolute atomic E-state index is 0.0760. The zero-order valence-electron chi connectivity index (χ0n) is 22.6. The van der Waals surface area contributed by atoms with Gasteiger partial charge in [-0.15, -0.1) is 5.10 Å². The lowest BCUT2D eigenvalue weighted by Gasteiger charge is -2.40. The van der Waals surface area contributed by atoms with E-state index in [1.807, 2.05) is 0 Å². The van der Waals surface area contributed by atoms with E-state index in [1.54, 1.807) is 48.5 Å². The maximum absolute atomic E-state index is 13.8. The summed E-state index contributed by atoms with van der Waals surface area (Å²) in [6.45, 7) is 0.324. The number of amides is 3. The van der Waals surface area contributed by atoms with Gasteiger partial charge in [0.05, 0.1) is 11.3 Å². The number of hydrogen-bond acceptors (Lipinski definition) is 7. The number of piperidine rings is 1. The molecule has 12 nitrogen and oxygen atoms in total. The van der Waals surface area contributed by atoms with Crippen LogP contribution in [0.25, 0.3) is 11.8 Å². The van der Waals surface area contributed by atoms with Gasteiger partial charge >= 0.3 is 5.97 Å². The first kappa shape index (κ1) is 29.1. The van der Waals surface area contributed by atoms with Crippen molar-refractivity contribution in [2.75, 3.05) is 11.9 Å². The second-order valence-corrected chi connectivity index (χ2v) is 10.3. The molecule has 218 valence electrons. The van der Waals surface area contributed by atoms with Crippen LogP contribution in [0.1, 0.15) is 50.6 Å². The fourth-order valence-electron chi connectivity index (χ4n) is 5.12. The fraction of sp³-hybridized carbons (Fsp3) is 0.167. The van der Waals surface area contributed by atoms with Crippen LogP contribution in [0.15, 0.2) is 79.1 Å².